The van der Waals surface area contributed by atoms with Crippen LogP contribution in [0.1, 0.15) is 15.9 Å². The van der Waals surface area contributed by atoms with Crippen molar-refractivity contribution in [1.29, 1.82) is 0 Å². The lowest BCUT2D eigenvalue weighted by atomic mass is 10.2. The van der Waals surface area contributed by atoms with Crippen molar-refractivity contribution >= 4 is 12.0 Å². The standard InChI is InChI=1S/C17H19NO4/c1-12-3-5-14(6-4-12)21-7-8-22-17-15(18)9-13(11-19)10-16(17)20-2/h3-6,9-11H,7-8,18H2,1-2H3. The van der Waals surface area contributed by atoms with E-state index in [1.54, 1.807) is 12.1 Å². The number of rotatable bonds is 7. The van der Waals surface area contributed by atoms with Gasteiger partial charge in [-0.05, 0) is 31.2 Å². The Hall–Kier alpha value is -2.69. The largest absolute Gasteiger partial charge is 0.493 e. The van der Waals surface area contributed by atoms with E-state index in [0.717, 1.165) is 5.75 Å². The summed E-state index contributed by atoms with van der Waals surface area (Å²) in [5.41, 5.74) is 7.86. The van der Waals surface area contributed by atoms with Crippen LogP contribution in [0.4, 0.5) is 5.69 Å². The van der Waals surface area contributed by atoms with Crippen LogP contribution < -0.4 is 19.9 Å². The Morgan fingerprint density at radius 2 is 1.77 bits per heavy atom. The molecule has 2 aromatic rings. The molecule has 0 spiro atoms. The van der Waals surface area contributed by atoms with Crippen LogP contribution >= 0.6 is 0 Å². The Balaban J connectivity index is 1.94. The van der Waals surface area contributed by atoms with E-state index in [2.05, 4.69) is 0 Å². The number of nitrogen functional groups attached to an aromatic ring is 1. The molecule has 5 heteroatoms. The van der Waals surface area contributed by atoms with Crippen molar-refractivity contribution in [3.63, 3.8) is 0 Å². The first-order valence-corrected chi connectivity index (χ1v) is 6.89. The van der Waals surface area contributed by atoms with Gasteiger partial charge in [0.05, 0.1) is 12.8 Å². The van der Waals surface area contributed by atoms with Crippen LogP contribution in [0.5, 0.6) is 17.2 Å². The van der Waals surface area contributed by atoms with Gasteiger partial charge < -0.3 is 19.9 Å². The molecule has 0 aliphatic carbocycles. The Kier molecular flexibility index (Phi) is 5.25. The van der Waals surface area contributed by atoms with E-state index < -0.39 is 0 Å². The number of ether oxygens (including phenoxy) is 3. The van der Waals surface area contributed by atoms with Gasteiger partial charge in [-0.25, -0.2) is 0 Å². The highest BCUT2D eigenvalue weighted by molar-refractivity contribution is 5.80. The summed E-state index contributed by atoms with van der Waals surface area (Å²) in [5.74, 6) is 1.63. The van der Waals surface area contributed by atoms with Crippen molar-refractivity contribution < 1.29 is 19.0 Å². The topological polar surface area (TPSA) is 70.8 Å². The molecular formula is C17H19NO4. The smallest absolute Gasteiger partial charge is 0.184 e. The molecule has 0 fully saturated rings. The number of nitrogens with two attached hydrogens (primary N) is 1. The van der Waals surface area contributed by atoms with Gasteiger partial charge in [0, 0.05) is 5.56 Å². The van der Waals surface area contributed by atoms with Gasteiger partial charge in [0.25, 0.3) is 0 Å². The highest BCUT2D eigenvalue weighted by atomic mass is 16.5. The Labute approximate surface area is 129 Å². The first kappa shape index (κ1) is 15.7. The van der Waals surface area contributed by atoms with E-state index in [9.17, 15) is 4.79 Å². The monoisotopic (exact) mass is 301 g/mol. The molecule has 0 saturated heterocycles. The van der Waals surface area contributed by atoms with Gasteiger partial charge in [-0.1, -0.05) is 17.7 Å². The number of hydrogen-bond donors (Lipinski definition) is 1. The highest BCUT2D eigenvalue weighted by Gasteiger charge is 2.11. The highest BCUT2D eigenvalue weighted by Crippen LogP contribution is 2.34. The molecule has 0 radical (unpaired) electrons. The summed E-state index contributed by atoms with van der Waals surface area (Å²) in [7, 11) is 1.50. The second-order valence-corrected chi connectivity index (χ2v) is 4.77. The molecule has 0 amide bonds. The maximum atomic E-state index is 10.8. The molecule has 0 unspecified atom stereocenters. The number of carbonyl (C=O) groups excluding carboxylic acids is 1. The van der Waals surface area contributed by atoms with Gasteiger partial charge in [0.1, 0.15) is 25.2 Å². The third-order valence-corrected chi connectivity index (χ3v) is 3.08. The molecule has 5 nitrogen and oxygen atoms in total. The third kappa shape index (κ3) is 3.91. The Morgan fingerprint density at radius 1 is 1.09 bits per heavy atom. The average molecular weight is 301 g/mol. The minimum absolute atomic E-state index is 0.314. The molecule has 0 bridgehead atoms. The van der Waals surface area contributed by atoms with Crippen molar-refractivity contribution in [3.05, 3.63) is 47.5 Å². The Bertz CT molecular complexity index is 638. The average Bonchev–Trinajstić information content (AvgIpc) is 2.53. The van der Waals surface area contributed by atoms with Crippen LogP contribution in [0.25, 0.3) is 0 Å². The van der Waals surface area contributed by atoms with Crippen molar-refractivity contribution in [2.45, 2.75) is 6.92 Å². The van der Waals surface area contributed by atoms with Gasteiger partial charge in [0.15, 0.2) is 11.5 Å². The van der Waals surface area contributed by atoms with Crippen LogP contribution in [0.15, 0.2) is 36.4 Å². The first-order valence-electron chi connectivity index (χ1n) is 6.89. The first-order chi connectivity index (χ1) is 10.6. The van der Waals surface area contributed by atoms with E-state index in [4.69, 9.17) is 19.9 Å². The fraction of sp³-hybridized carbons (Fsp3) is 0.235. The molecule has 0 saturated carbocycles. The van der Waals surface area contributed by atoms with Gasteiger partial charge in [0.2, 0.25) is 0 Å². The number of methoxy groups -OCH3 is 1. The molecule has 0 aromatic heterocycles. The summed E-state index contributed by atoms with van der Waals surface area (Å²) >= 11 is 0. The normalized spacial score (nSPS) is 10.1. The maximum absolute atomic E-state index is 10.8. The van der Waals surface area contributed by atoms with E-state index in [0.29, 0.717) is 42.2 Å². The summed E-state index contributed by atoms with van der Waals surface area (Å²) in [5, 5.41) is 0. The number of carbonyl (C=O) groups is 1. The molecule has 0 aliphatic heterocycles. The minimum atomic E-state index is 0.314. The lowest BCUT2D eigenvalue weighted by Crippen LogP contribution is -2.11. The van der Waals surface area contributed by atoms with E-state index in [1.165, 1.54) is 12.7 Å². The number of hydrogen-bond acceptors (Lipinski definition) is 5. The Morgan fingerprint density at radius 3 is 2.41 bits per heavy atom. The lowest BCUT2D eigenvalue weighted by Gasteiger charge is -2.14. The fourth-order valence-electron chi connectivity index (χ4n) is 1.96. The molecule has 2 rings (SSSR count). The van der Waals surface area contributed by atoms with Crippen molar-refractivity contribution in [1.82, 2.24) is 0 Å². The quantitative estimate of drug-likeness (QED) is 0.484. The number of anilines is 1. The summed E-state index contributed by atoms with van der Waals surface area (Å²) in [6.07, 6.45) is 0.711. The number of aldehydes is 1. The van der Waals surface area contributed by atoms with Gasteiger partial charge >= 0.3 is 0 Å². The molecule has 22 heavy (non-hydrogen) atoms. The number of benzene rings is 2. The second kappa shape index (κ2) is 7.36. The van der Waals surface area contributed by atoms with Crippen LogP contribution in [-0.2, 0) is 0 Å². The second-order valence-electron chi connectivity index (χ2n) is 4.77. The van der Waals surface area contributed by atoms with Crippen LogP contribution in [0.3, 0.4) is 0 Å². The SMILES string of the molecule is COc1cc(C=O)cc(N)c1OCCOc1ccc(C)cc1. The summed E-state index contributed by atoms with van der Waals surface area (Å²) < 4.78 is 16.4. The van der Waals surface area contributed by atoms with Crippen LogP contribution in [0, 0.1) is 6.92 Å². The molecule has 0 aliphatic rings. The zero-order valence-corrected chi connectivity index (χ0v) is 12.7. The van der Waals surface area contributed by atoms with Gasteiger partial charge in [-0.2, -0.15) is 0 Å². The van der Waals surface area contributed by atoms with Crippen LogP contribution in [-0.4, -0.2) is 26.6 Å². The van der Waals surface area contributed by atoms with Crippen molar-refractivity contribution in [3.8, 4) is 17.2 Å². The van der Waals surface area contributed by atoms with Gasteiger partial charge in [-0.15, -0.1) is 0 Å². The molecule has 0 heterocycles. The summed E-state index contributed by atoms with van der Waals surface area (Å²) in [4.78, 5) is 10.8. The van der Waals surface area contributed by atoms with E-state index >= 15 is 0 Å². The fourth-order valence-corrected chi connectivity index (χ4v) is 1.96. The van der Waals surface area contributed by atoms with E-state index in [-0.39, 0.29) is 0 Å². The van der Waals surface area contributed by atoms with E-state index in [1.807, 2.05) is 31.2 Å². The zero-order valence-electron chi connectivity index (χ0n) is 12.7. The maximum Gasteiger partial charge on any atom is 0.184 e. The minimum Gasteiger partial charge on any atom is -0.493 e. The van der Waals surface area contributed by atoms with Crippen LogP contribution in [0.2, 0.25) is 0 Å². The summed E-state index contributed by atoms with van der Waals surface area (Å²) in [6, 6.07) is 10.9. The lowest BCUT2D eigenvalue weighted by molar-refractivity contribution is 0.112. The van der Waals surface area contributed by atoms with Crippen molar-refractivity contribution in [2.75, 3.05) is 26.1 Å². The predicted molar refractivity (Wildman–Crippen MR) is 85.0 cm³/mol. The summed E-state index contributed by atoms with van der Waals surface area (Å²) in [6.45, 7) is 2.71. The molecule has 2 N–H and O–H groups in total. The van der Waals surface area contributed by atoms with Crippen molar-refractivity contribution in [2.24, 2.45) is 0 Å². The molecular weight excluding hydrogens is 282 g/mol. The third-order valence-electron chi connectivity index (χ3n) is 3.08. The van der Waals surface area contributed by atoms with Gasteiger partial charge in [-0.3, -0.25) is 4.79 Å². The number of aryl methyl sites for hydroxylation is 1. The predicted octanol–water partition coefficient (Wildman–Crippen LogP) is 2.86. The molecule has 116 valence electrons. The molecule has 0 atom stereocenters. The molecule has 2 aromatic carbocycles. The zero-order chi connectivity index (χ0) is 15.9.